The van der Waals surface area contributed by atoms with Crippen LogP contribution in [0.15, 0.2) is 55.1 Å². The monoisotopic (exact) mass is 208 g/mol. The molecule has 0 bridgehead atoms. The summed E-state index contributed by atoms with van der Waals surface area (Å²) in [6.45, 7) is 8.27. The Morgan fingerprint density at radius 3 is 2.25 bits per heavy atom. The van der Waals surface area contributed by atoms with Crippen molar-refractivity contribution in [3.05, 3.63) is 66.2 Å². The van der Waals surface area contributed by atoms with Gasteiger partial charge in [0.1, 0.15) is 0 Å². The topological polar surface area (TPSA) is 0 Å². The number of benzene rings is 2. The maximum atomic E-state index is 4.07. The lowest BCUT2D eigenvalue weighted by Gasteiger charge is -2.12. The molecule has 0 atom stereocenters. The van der Waals surface area contributed by atoms with Crippen LogP contribution in [0.2, 0.25) is 0 Å². The Morgan fingerprint density at radius 1 is 0.938 bits per heavy atom. The standard InChI is InChI=1S/C16H16/c1-12(2)16-13(3)8-7-11-15(16)14-9-5-4-6-10-14/h4-11H,1H2,2-3H3. The number of hydrogen-bond donors (Lipinski definition) is 0. The second-order valence-corrected chi connectivity index (χ2v) is 4.14. The summed E-state index contributed by atoms with van der Waals surface area (Å²) in [5, 5.41) is 0. The minimum Gasteiger partial charge on any atom is -0.0955 e. The lowest BCUT2D eigenvalue weighted by atomic mass is 9.92. The molecule has 0 aromatic heterocycles. The lowest BCUT2D eigenvalue weighted by molar-refractivity contribution is 1.41. The summed E-state index contributed by atoms with van der Waals surface area (Å²) in [7, 11) is 0. The second-order valence-electron chi connectivity index (χ2n) is 4.14. The van der Waals surface area contributed by atoms with Crippen molar-refractivity contribution in [2.45, 2.75) is 13.8 Å². The van der Waals surface area contributed by atoms with Gasteiger partial charge < -0.3 is 0 Å². The maximum Gasteiger partial charge on any atom is -0.0106 e. The van der Waals surface area contributed by atoms with E-state index in [1.165, 1.54) is 22.3 Å². The number of hydrogen-bond acceptors (Lipinski definition) is 0. The molecule has 0 heterocycles. The summed E-state index contributed by atoms with van der Waals surface area (Å²) >= 11 is 0. The molecule has 0 aliphatic carbocycles. The van der Waals surface area contributed by atoms with Crippen molar-refractivity contribution < 1.29 is 0 Å². The molecule has 2 rings (SSSR count). The summed E-state index contributed by atoms with van der Waals surface area (Å²) in [4.78, 5) is 0. The lowest BCUT2D eigenvalue weighted by Crippen LogP contribution is -1.90. The normalized spacial score (nSPS) is 10.1. The van der Waals surface area contributed by atoms with Gasteiger partial charge >= 0.3 is 0 Å². The van der Waals surface area contributed by atoms with Crippen molar-refractivity contribution in [3.63, 3.8) is 0 Å². The van der Waals surface area contributed by atoms with Crippen LogP contribution in [0.3, 0.4) is 0 Å². The first-order chi connectivity index (χ1) is 7.70. The van der Waals surface area contributed by atoms with Crippen molar-refractivity contribution in [2.24, 2.45) is 0 Å². The third kappa shape index (κ3) is 1.92. The molecule has 2 aromatic carbocycles. The Labute approximate surface area is 97.3 Å². The van der Waals surface area contributed by atoms with Gasteiger partial charge in [0.25, 0.3) is 0 Å². The van der Waals surface area contributed by atoms with Gasteiger partial charge in [-0.05, 0) is 36.1 Å². The highest BCUT2D eigenvalue weighted by molar-refractivity contribution is 5.81. The van der Waals surface area contributed by atoms with Crippen molar-refractivity contribution in [3.8, 4) is 11.1 Å². The molecule has 0 fully saturated rings. The molecule has 0 saturated carbocycles. The molecule has 2 aromatic rings. The van der Waals surface area contributed by atoms with Gasteiger partial charge in [-0.1, -0.05) is 60.7 Å². The fourth-order valence-corrected chi connectivity index (χ4v) is 2.09. The Kier molecular flexibility index (Phi) is 2.91. The Hall–Kier alpha value is -1.82. The van der Waals surface area contributed by atoms with E-state index in [9.17, 15) is 0 Å². The van der Waals surface area contributed by atoms with Gasteiger partial charge in [-0.15, -0.1) is 0 Å². The van der Waals surface area contributed by atoms with Crippen LogP contribution in [0, 0.1) is 6.92 Å². The van der Waals surface area contributed by atoms with Gasteiger partial charge in [0, 0.05) is 0 Å². The molecule has 0 radical (unpaired) electrons. The first-order valence-corrected chi connectivity index (χ1v) is 5.51. The summed E-state index contributed by atoms with van der Waals surface area (Å²) in [6.07, 6.45) is 0. The fraction of sp³-hybridized carbons (Fsp3) is 0.125. The third-order valence-electron chi connectivity index (χ3n) is 2.78. The molecule has 16 heavy (non-hydrogen) atoms. The van der Waals surface area contributed by atoms with Crippen LogP contribution in [0.4, 0.5) is 0 Å². The Bertz CT molecular complexity index is 507. The van der Waals surface area contributed by atoms with Crippen molar-refractivity contribution in [2.75, 3.05) is 0 Å². The Balaban J connectivity index is 2.66. The molecule has 0 unspecified atom stereocenters. The van der Waals surface area contributed by atoms with Crippen LogP contribution in [0.5, 0.6) is 0 Å². The molecule has 0 saturated heterocycles. The summed E-state index contributed by atoms with van der Waals surface area (Å²) in [6, 6.07) is 16.9. The van der Waals surface area contributed by atoms with Crippen molar-refractivity contribution >= 4 is 5.57 Å². The van der Waals surface area contributed by atoms with Gasteiger partial charge in [0.15, 0.2) is 0 Å². The highest BCUT2D eigenvalue weighted by atomic mass is 14.1. The smallest absolute Gasteiger partial charge is 0.0106 e. The second kappa shape index (κ2) is 4.36. The van der Waals surface area contributed by atoms with Crippen LogP contribution in [-0.4, -0.2) is 0 Å². The van der Waals surface area contributed by atoms with E-state index in [4.69, 9.17) is 0 Å². The van der Waals surface area contributed by atoms with E-state index in [1.807, 2.05) is 6.07 Å². The van der Waals surface area contributed by atoms with Gasteiger partial charge in [0.05, 0.1) is 0 Å². The van der Waals surface area contributed by atoms with Crippen molar-refractivity contribution in [1.29, 1.82) is 0 Å². The highest BCUT2D eigenvalue weighted by Crippen LogP contribution is 2.30. The van der Waals surface area contributed by atoms with Crippen LogP contribution < -0.4 is 0 Å². The molecule has 80 valence electrons. The summed E-state index contributed by atoms with van der Waals surface area (Å²) < 4.78 is 0. The average molecular weight is 208 g/mol. The minimum absolute atomic E-state index is 1.12. The van der Waals surface area contributed by atoms with Gasteiger partial charge in [-0.25, -0.2) is 0 Å². The Morgan fingerprint density at radius 2 is 1.62 bits per heavy atom. The predicted molar refractivity (Wildman–Crippen MR) is 71.3 cm³/mol. The predicted octanol–water partition coefficient (Wildman–Crippen LogP) is 4.70. The number of aryl methyl sites for hydroxylation is 1. The molecule has 0 heteroatoms. The van der Waals surface area contributed by atoms with Crippen LogP contribution in [0.25, 0.3) is 16.7 Å². The van der Waals surface area contributed by atoms with E-state index in [2.05, 4.69) is 62.9 Å². The largest absolute Gasteiger partial charge is 0.0955 e. The molecular weight excluding hydrogens is 192 g/mol. The zero-order valence-corrected chi connectivity index (χ0v) is 9.83. The maximum absolute atomic E-state index is 4.07. The zero-order chi connectivity index (χ0) is 11.5. The molecule has 0 spiro atoms. The highest BCUT2D eigenvalue weighted by Gasteiger charge is 2.07. The van der Waals surface area contributed by atoms with E-state index in [0.717, 1.165) is 5.57 Å². The third-order valence-corrected chi connectivity index (χ3v) is 2.78. The number of allylic oxidation sites excluding steroid dienone is 1. The molecule has 0 aliphatic heterocycles. The summed E-state index contributed by atoms with van der Waals surface area (Å²) in [5.74, 6) is 0. The molecule has 0 aliphatic rings. The van der Waals surface area contributed by atoms with Crippen LogP contribution in [0.1, 0.15) is 18.1 Å². The van der Waals surface area contributed by atoms with Gasteiger partial charge in [0.2, 0.25) is 0 Å². The first kappa shape index (κ1) is 10.7. The number of rotatable bonds is 2. The molecule has 0 nitrogen and oxygen atoms in total. The SMILES string of the molecule is C=C(C)c1c(C)cccc1-c1ccccc1. The van der Waals surface area contributed by atoms with Crippen molar-refractivity contribution in [1.82, 2.24) is 0 Å². The minimum atomic E-state index is 1.12. The van der Waals surface area contributed by atoms with E-state index in [-0.39, 0.29) is 0 Å². The zero-order valence-electron chi connectivity index (χ0n) is 9.83. The van der Waals surface area contributed by atoms with E-state index >= 15 is 0 Å². The van der Waals surface area contributed by atoms with Gasteiger partial charge in [-0.2, -0.15) is 0 Å². The fourth-order valence-electron chi connectivity index (χ4n) is 2.09. The molecular formula is C16H16. The summed E-state index contributed by atoms with van der Waals surface area (Å²) in [5.41, 5.74) is 6.21. The first-order valence-electron chi connectivity index (χ1n) is 5.51. The quantitative estimate of drug-likeness (QED) is 0.671. The van der Waals surface area contributed by atoms with Crippen LogP contribution >= 0.6 is 0 Å². The van der Waals surface area contributed by atoms with Crippen LogP contribution in [-0.2, 0) is 0 Å². The van der Waals surface area contributed by atoms with Gasteiger partial charge in [-0.3, -0.25) is 0 Å². The molecule has 0 N–H and O–H groups in total. The molecule has 0 amide bonds. The van der Waals surface area contributed by atoms with E-state index in [0.29, 0.717) is 0 Å². The van der Waals surface area contributed by atoms with E-state index in [1.54, 1.807) is 0 Å². The average Bonchev–Trinajstić information content (AvgIpc) is 2.29. The van der Waals surface area contributed by atoms with E-state index < -0.39 is 0 Å².